The van der Waals surface area contributed by atoms with Gasteiger partial charge in [-0.3, -0.25) is 14.9 Å². The van der Waals surface area contributed by atoms with Crippen LogP contribution < -0.4 is 20.7 Å². The van der Waals surface area contributed by atoms with E-state index >= 15 is 0 Å². The van der Waals surface area contributed by atoms with Gasteiger partial charge < -0.3 is 15.4 Å². The Bertz CT molecular complexity index is 895. The van der Waals surface area contributed by atoms with E-state index in [2.05, 4.69) is 16.0 Å². The van der Waals surface area contributed by atoms with Gasteiger partial charge in [0.15, 0.2) is 6.10 Å². The molecule has 0 radical (unpaired) electrons. The molecule has 0 heterocycles. The molecule has 1 saturated carbocycles. The van der Waals surface area contributed by atoms with Crippen LogP contribution in [0.5, 0.6) is 5.75 Å². The number of hydrogen-bond acceptors (Lipinski definition) is 4. The van der Waals surface area contributed by atoms with Crippen molar-refractivity contribution in [2.75, 3.05) is 0 Å². The highest BCUT2D eigenvalue weighted by Crippen LogP contribution is 2.20. The van der Waals surface area contributed by atoms with Gasteiger partial charge in [-0.1, -0.05) is 61.7 Å². The maximum Gasteiger partial charge on any atom is 0.321 e. The Morgan fingerprint density at radius 1 is 0.968 bits per heavy atom. The van der Waals surface area contributed by atoms with Crippen molar-refractivity contribution in [1.29, 1.82) is 0 Å². The fourth-order valence-corrected chi connectivity index (χ4v) is 3.56. The Labute approximate surface area is 182 Å². The van der Waals surface area contributed by atoms with Gasteiger partial charge in [-0.05, 0) is 37.5 Å². The molecule has 3 rings (SSSR count). The predicted molar refractivity (Wildman–Crippen MR) is 118 cm³/mol. The largest absolute Gasteiger partial charge is 0.480 e. The van der Waals surface area contributed by atoms with Crippen LogP contribution in [0.3, 0.4) is 0 Å². The molecule has 3 N–H and O–H groups in total. The lowest BCUT2D eigenvalue weighted by Crippen LogP contribution is -2.48. The molecule has 2 aromatic carbocycles. The first kappa shape index (κ1) is 22.3. The molecule has 0 aliphatic heterocycles. The quantitative estimate of drug-likeness (QED) is 0.635. The first-order valence-corrected chi connectivity index (χ1v) is 10.7. The number of benzene rings is 2. The number of carbonyl (C=O) groups excluding carboxylic acids is 3. The lowest BCUT2D eigenvalue weighted by Gasteiger charge is -2.23. The molecule has 7 nitrogen and oxygen atoms in total. The molecule has 4 amide bonds. The number of imide groups is 1. The molecule has 0 spiro atoms. The maximum atomic E-state index is 12.6. The van der Waals surface area contributed by atoms with E-state index in [0.717, 1.165) is 31.2 Å². The molecule has 0 bridgehead atoms. The minimum Gasteiger partial charge on any atom is -0.480 e. The van der Waals surface area contributed by atoms with E-state index in [1.54, 1.807) is 31.2 Å². The van der Waals surface area contributed by atoms with Gasteiger partial charge >= 0.3 is 6.03 Å². The minimum atomic E-state index is -0.944. The fraction of sp³-hybridized carbons (Fsp3) is 0.375. The second-order valence-electron chi connectivity index (χ2n) is 7.72. The van der Waals surface area contributed by atoms with Gasteiger partial charge in [-0.15, -0.1) is 0 Å². The number of nitrogens with one attached hydrogen (secondary N) is 3. The van der Waals surface area contributed by atoms with Crippen molar-refractivity contribution in [3.63, 3.8) is 0 Å². The van der Waals surface area contributed by atoms with E-state index in [-0.39, 0.29) is 17.7 Å². The molecular weight excluding hydrogens is 394 g/mol. The average molecular weight is 424 g/mol. The van der Waals surface area contributed by atoms with Crippen LogP contribution >= 0.6 is 0 Å². The number of hydrogen-bond donors (Lipinski definition) is 3. The Kier molecular flexibility index (Phi) is 8.04. The Morgan fingerprint density at radius 2 is 1.65 bits per heavy atom. The van der Waals surface area contributed by atoms with Crippen LogP contribution in [-0.4, -0.2) is 30.0 Å². The second-order valence-corrected chi connectivity index (χ2v) is 7.72. The molecule has 0 unspecified atom stereocenters. The summed E-state index contributed by atoms with van der Waals surface area (Å²) in [5.41, 5.74) is 1.30. The van der Waals surface area contributed by atoms with Gasteiger partial charge in [0, 0.05) is 12.6 Å². The van der Waals surface area contributed by atoms with Gasteiger partial charge in [-0.2, -0.15) is 0 Å². The highest BCUT2D eigenvalue weighted by atomic mass is 16.5. The minimum absolute atomic E-state index is 0.104. The Morgan fingerprint density at radius 3 is 2.39 bits per heavy atom. The Hall–Kier alpha value is -3.35. The van der Waals surface area contributed by atoms with Crippen LogP contribution in [0.2, 0.25) is 0 Å². The molecule has 164 valence electrons. The summed E-state index contributed by atoms with van der Waals surface area (Å²) in [5, 5.41) is 8.02. The van der Waals surface area contributed by atoms with Crippen LogP contribution in [0.15, 0.2) is 54.6 Å². The second kappa shape index (κ2) is 11.2. The maximum absolute atomic E-state index is 12.6. The molecule has 7 heteroatoms. The van der Waals surface area contributed by atoms with Gasteiger partial charge in [0.2, 0.25) is 0 Å². The SMILES string of the molecule is C[C@@H](Oc1ccccc1C(=O)NCc1ccccc1)C(=O)NC(=O)NC1CCCCC1. The highest BCUT2D eigenvalue weighted by molar-refractivity contribution is 5.98. The molecule has 1 atom stereocenters. The van der Waals surface area contributed by atoms with Gasteiger partial charge in [0.1, 0.15) is 5.75 Å². The third kappa shape index (κ3) is 6.84. The number of amides is 4. The van der Waals surface area contributed by atoms with Crippen LogP contribution in [0.4, 0.5) is 4.79 Å². The van der Waals surface area contributed by atoms with Crippen LogP contribution in [0.1, 0.15) is 54.9 Å². The number of para-hydroxylation sites is 1. The number of ether oxygens (including phenoxy) is 1. The molecule has 0 aromatic heterocycles. The summed E-state index contributed by atoms with van der Waals surface area (Å²) in [6.45, 7) is 1.92. The first-order chi connectivity index (χ1) is 15.0. The summed E-state index contributed by atoms with van der Waals surface area (Å²) in [6.07, 6.45) is 4.27. The molecule has 1 aliphatic rings. The van der Waals surface area contributed by atoms with Gasteiger partial charge in [0.25, 0.3) is 11.8 Å². The van der Waals surface area contributed by atoms with Crippen LogP contribution in [-0.2, 0) is 11.3 Å². The topological polar surface area (TPSA) is 96.5 Å². The molecule has 2 aromatic rings. The normalized spacial score (nSPS) is 14.9. The molecular formula is C24H29N3O4. The zero-order chi connectivity index (χ0) is 22.1. The van der Waals surface area contributed by atoms with E-state index in [1.807, 2.05) is 30.3 Å². The van der Waals surface area contributed by atoms with Crippen molar-refractivity contribution in [2.45, 2.75) is 57.7 Å². The number of carbonyl (C=O) groups is 3. The molecule has 31 heavy (non-hydrogen) atoms. The summed E-state index contributed by atoms with van der Waals surface area (Å²) in [7, 11) is 0. The van der Waals surface area contributed by atoms with Gasteiger partial charge in [0.05, 0.1) is 5.56 Å². The van der Waals surface area contributed by atoms with Crippen molar-refractivity contribution < 1.29 is 19.1 Å². The van der Waals surface area contributed by atoms with E-state index in [1.165, 1.54) is 6.42 Å². The zero-order valence-corrected chi connectivity index (χ0v) is 17.7. The molecule has 1 fully saturated rings. The average Bonchev–Trinajstić information content (AvgIpc) is 2.79. The lowest BCUT2D eigenvalue weighted by atomic mass is 9.96. The van der Waals surface area contributed by atoms with Crippen molar-refractivity contribution in [2.24, 2.45) is 0 Å². The van der Waals surface area contributed by atoms with Crippen LogP contribution in [0, 0.1) is 0 Å². The van der Waals surface area contributed by atoms with Crippen molar-refractivity contribution in [3.05, 3.63) is 65.7 Å². The Balaban J connectivity index is 1.54. The molecule has 0 saturated heterocycles. The van der Waals surface area contributed by atoms with Crippen LogP contribution in [0.25, 0.3) is 0 Å². The van der Waals surface area contributed by atoms with Crippen molar-refractivity contribution in [3.8, 4) is 5.75 Å². The first-order valence-electron chi connectivity index (χ1n) is 10.7. The molecule has 1 aliphatic carbocycles. The number of rotatable bonds is 7. The van der Waals surface area contributed by atoms with E-state index in [0.29, 0.717) is 12.1 Å². The lowest BCUT2D eigenvalue weighted by molar-refractivity contribution is -0.126. The van der Waals surface area contributed by atoms with Gasteiger partial charge in [-0.25, -0.2) is 4.79 Å². The van der Waals surface area contributed by atoms with Crippen molar-refractivity contribution >= 4 is 17.8 Å². The third-order valence-electron chi connectivity index (χ3n) is 5.28. The van der Waals surface area contributed by atoms with E-state index in [4.69, 9.17) is 4.74 Å². The summed E-state index contributed by atoms with van der Waals surface area (Å²) in [6, 6.07) is 15.9. The standard InChI is InChI=1S/C24H29N3O4/c1-17(22(28)27-24(30)26-19-12-6-3-7-13-19)31-21-15-9-8-14-20(21)23(29)25-16-18-10-4-2-5-11-18/h2,4-5,8-11,14-15,17,19H,3,6-7,12-13,16H2,1H3,(H,25,29)(H2,26,27,28,30)/t17-/m1/s1. The third-order valence-corrected chi connectivity index (χ3v) is 5.28. The van der Waals surface area contributed by atoms with E-state index in [9.17, 15) is 14.4 Å². The highest BCUT2D eigenvalue weighted by Gasteiger charge is 2.22. The smallest absolute Gasteiger partial charge is 0.321 e. The summed E-state index contributed by atoms with van der Waals surface area (Å²) in [5.74, 6) is -0.585. The zero-order valence-electron chi connectivity index (χ0n) is 17.7. The monoisotopic (exact) mass is 423 g/mol. The van der Waals surface area contributed by atoms with E-state index < -0.39 is 18.0 Å². The summed E-state index contributed by atoms with van der Waals surface area (Å²) in [4.78, 5) is 37.1. The number of urea groups is 1. The fourth-order valence-electron chi connectivity index (χ4n) is 3.56. The summed E-state index contributed by atoms with van der Waals surface area (Å²) >= 11 is 0. The van der Waals surface area contributed by atoms with Crippen molar-refractivity contribution in [1.82, 2.24) is 16.0 Å². The predicted octanol–water partition coefficient (Wildman–Crippen LogP) is 3.54. The summed E-state index contributed by atoms with van der Waals surface area (Å²) < 4.78 is 5.72.